The highest BCUT2D eigenvalue weighted by Crippen LogP contribution is 2.33. The highest BCUT2D eigenvalue weighted by atomic mass is 16.4. The summed E-state index contributed by atoms with van der Waals surface area (Å²) in [5.41, 5.74) is -0.868. The first-order valence-electron chi connectivity index (χ1n) is 6.17. The van der Waals surface area contributed by atoms with E-state index >= 15 is 0 Å². The Hall–Kier alpha value is -1.76. The number of aliphatic hydroxyl groups is 2. The molecule has 1 aromatic carbocycles. The first-order chi connectivity index (χ1) is 9.08. The Balaban J connectivity index is 2.01. The molecule has 2 amide bonds. The highest BCUT2D eigenvalue weighted by Gasteiger charge is 2.49. The maximum atomic E-state index is 12.3. The van der Waals surface area contributed by atoms with E-state index in [9.17, 15) is 19.8 Å². The SMILES string of the molecule is O=C1c2ccccc2C(=O)N1N1CCCC1(O)CO. The average molecular weight is 262 g/mol. The number of rotatable bonds is 2. The number of carbonyl (C=O) groups is 2. The molecular formula is C13H14N2O4. The molecule has 0 saturated carbocycles. The lowest BCUT2D eigenvalue weighted by atomic mass is 10.1. The van der Waals surface area contributed by atoms with E-state index in [-0.39, 0.29) is 0 Å². The second-order valence-electron chi connectivity index (χ2n) is 4.83. The van der Waals surface area contributed by atoms with Crippen LogP contribution in [-0.2, 0) is 0 Å². The van der Waals surface area contributed by atoms with Gasteiger partial charge in [0.25, 0.3) is 11.8 Å². The van der Waals surface area contributed by atoms with Gasteiger partial charge in [-0.25, -0.2) is 0 Å². The second-order valence-corrected chi connectivity index (χ2v) is 4.83. The molecule has 2 aliphatic rings. The van der Waals surface area contributed by atoms with Crippen molar-refractivity contribution in [3.8, 4) is 0 Å². The van der Waals surface area contributed by atoms with Crippen LogP contribution in [0.25, 0.3) is 0 Å². The Morgan fingerprint density at radius 2 is 1.74 bits per heavy atom. The van der Waals surface area contributed by atoms with Crippen LogP contribution in [-0.4, -0.2) is 50.9 Å². The maximum Gasteiger partial charge on any atom is 0.276 e. The lowest BCUT2D eigenvalue weighted by Gasteiger charge is -2.36. The molecule has 3 rings (SSSR count). The lowest BCUT2D eigenvalue weighted by molar-refractivity contribution is -0.173. The van der Waals surface area contributed by atoms with Crippen molar-refractivity contribution in [3.05, 3.63) is 35.4 Å². The molecule has 6 heteroatoms. The van der Waals surface area contributed by atoms with Crippen LogP contribution in [0.1, 0.15) is 33.6 Å². The molecule has 1 atom stereocenters. The number of fused-ring (bicyclic) bond motifs is 1. The Labute approximate surface area is 109 Å². The van der Waals surface area contributed by atoms with Gasteiger partial charge in [-0.1, -0.05) is 12.1 Å². The third-order valence-corrected chi connectivity index (χ3v) is 3.69. The molecule has 0 radical (unpaired) electrons. The van der Waals surface area contributed by atoms with Gasteiger partial charge in [0.1, 0.15) is 0 Å². The molecule has 2 heterocycles. The van der Waals surface area contributed by atoms with Gasteiger partial charge in [0, 0.05) is 6.54 Å². The van der Waals surface area contributed by atoms with E-state index in [4.69, 9.17) is 0 Å². The summed E-state index contributed by atoms with van der Waals surface area (Å²) < 4.78 is 0. The third kappa shape index (κ3) is 1.61. The van der Waals surface area contributed by atoms with Crippen molar-refractivity contribution in [2.24, 2.45) is 0 Å². The summed E-state index contributed by atoms with van der Waals surface area (Å²) in [6.07, 6.45) is 0.946. The van der Waals surface area contributed by atoms with Crippen molar-refractivity contribution in [2.75, 3.05) is 13.2 Å². The van der Waals surface area contributed by atoms with Gasteiger partial charge in [0.15, 0.2) is 5.72 Å². The van der Waals surface area contributed by atoms with Crippen LogP contribution in [0.3, 0.4) is 0 Å². The van der Waals surface area contributed by atoms with Crippen molar-refractivity contribution >= 4 is 11.8 Å². The third-order valence-electron chi connectivity index (χ3n) is 3.69. The molecule has 6 nitrogen and oxygen atoms in total. The fourth-order valence-electron chi connectivity index (χ4n) is 2.69. The van der Waals surface area contributed by atoms with E-state index in [2.05, 4.69) is 0 Å². The standard InChI is InChI=1S/C13H14N2O4/c16-8-13(19)6-3-7-14(13)15-11(17)9-4-1-2-5-10(9)12(15)18/h1-2,4-5,16,19H,3,6-8H2. The van der Waals surface area contributed by atoms with Crippen molar-refractivity contribution in [1.82, 2.24) is 10.0 Å². The van der Waals surface area contributed by atoms with Crippen molar-refractivity contribution < 1.29 is 19.8 Å². The van der Waals surface area contributed by atoms with Crippen molar-refractivity contribution in [3.63, 3.8) is 0 Å². The molecule has 1 aromatic rings. The molecule has 2 N–H and O–H groups in total. The van der Waals surface area contributed by atoms with Gasteiger partial charge in [-0.05, 0) is 25.0 Å². The van der Waals surface area contributed by atoms with E-state index in [0.717, 1.165) is 5.01 Å². The largest absolute Gasteiger partial charge is 0.392 e. The van der Waals surface area contributed by atoms with Crippen LogP contribution in [0.5, 0.6) is 0 Å². The van der Waals surface area contributed by atoms with Gasteiger partial charge in [-0.2, -0.15) is 10.0 Å². The Bertz CT molecular complexity index is 524. The zero-order chi connectivity index (χ0) is 13.6. The Morgan fingerprint density at radius 1 is 1.16 bits per heavy atom. The number of hydrogen-bond donors (Lipinski definition) is 2. The van der Waals surface area contributed by atoms with Gasteiger partial charge in [-0.15, -0.1) is 0 Å². The smallest absolute Gasteiger partial charge is 0.276 e. The van der Waals surface area contributed by atoms with Crippen LogP contribution in [0.2, 0.25) is 0 Å². The van der Waals surface area contributed by atoms with E-state index < -0.39 is 24.1 Å². The van der Waals surface area contributed by atoms with Gasteiger partial charge in [0.2, 0.25) is 0 Å². The van der Waals surface area contributed by atoms with Crippen molar-refractivity contribution in [1.29, 1.82) is 0 Å². The first-order valence-corrected chi connectivity index (χ1v) is 6.17. The number of hydrogen-bond acceptors (Lipinski definition) is 5. The number of amides is 2. The summed E-state index contributed by atoms with van der Waals surface area (Å²) in [5.74, 6) is -0.899. The van der Waals surface area contributed by atoms with E-state index in [1.165, 1.54) is 5.01 Å². The predicted octanol–water partition coefficient (Wildman–Crippen LogP) is -0.0257. The number of nitrogens with zero attached hydrogens (tertiary/aromatic N) is 2. The summed E-state index contributed by atoms with van der Waals surface area (Å²) in [7, 11) is 0. The van der Waals surface area contributed by atoms with Crippen LogP contribution in [0.4, 0.5) is 0 Å². The van der Waals surface area contributed by atoms with Crippen LogP contribution in [0.15, 0.2) is 24.3 Å². The van der Waals surface area contributed by atoms with E-state index in [1.54, 1.807) is 24.3 Å². The number of benzene rings is 1. The number of imide groups is 1. The van der Waals surface area contributed by atoms with Crippen LogP contribution >= 0.6 is 0 Å². The quantitative estimate of drug-likeness (QED) is 0.732. The minimum atomic E-state index is -1.53. The number of aliphatic hydroxyl groups excluding tert-OH is 1. The molecular weight excluding hydrogens is 248 g/mol. The summed E-state index contributed by atoms with van der Waals surface area (Å²) in [6, 6.07) is 6.55. The Kier molecular flexibility index (Phi) is 2.67. The normalized spacial score (nSPS) is 27.2. The summed E-state index contributed by atoms with van der Waals surface area (Å²) in [4.78, 5) is 24.5. The molecule has 0 bridgehead atoms. The molecule has 0 aliphatic carbocycles. The minimum Gasteiger partial charge on any atom is -0.392 e. The first kappa shape index (κ1) is 12.3. The van der Waals surface area contributed by atoms with E-state index in [1.807, 2.05) is 0 Å². The predicted molar refractivity (Wildman–Crippen MR) is 64.9 cm³/mol. The minimum absolute atomic E-state index is 0.330. The maximum absolute atomic E-state index is 12.3. The fourth-order valence-corrected chi connectivity index (χ4v) is 2.69. The topological polar surface area (TPSA) is 81.1 Å². The summed E-state index contributed by atoms with van der Waals surface area (Å²) in [6.45, 7) is -0.150. The van der Waals surface area contributed by atoms with E-state index in [0.29, 0.717) is 30.5 Å². The monoisotopic (exact) mass is 262 g/mol. The fraction of sp³-hybridized carbons (Fsp3) is 0.385. The van der Waals surface area contributed by atoms with Crippen molar-refractivity contribution in [2.45, 2.75) is 18.6 Å². The molecule has 0 aromatic heterocycles. The van der Waals surface area contributed by atoms with Crippen LogP contribution < -0.4 is 0 Å². The molecule has 19 heavy (non-hydrogen) atoms. The zero-order valence-corrected chi connectivity index (χ0v) is 10.2. The molecule has 1 fully saturated rings. The molecule has 1 unspecified atom stereocenters. The number of carbonyl (C=O) groups excluding carboxylic acids is 2. The van der Waals surface area contributed by atoms with Gasteiger partial charge >= 0.3 is 0 Å². The summed E-state index contributed by atoms with van der Waals surface area (Å²) >= 11 is 0. The number of hydrazine groups is 1. The molecule has 100 valence electrons. The highest BCUT2D eigenvalue weighted by molar-refractivity contribution is 6.21. The zero-order valence-electron chi connectivity index (χ0n) is 10.2. The lowest BCUT2D eigenvalue weighted by Crippen LogP contribution is -2.57. The van der Waals surface area contributed by atoms with Gasteiger partial charge < -0.3 is 10.2 Å². The van der Waals surface area contributed by atoms with Gasteiger partial charge in [0.05, 0.1) is 17.7 Å². The molecule has 0 spiro atoms. The van der Waals surface area contributed by atoms with Gasteiger partial charge in [-0.3, -0.25) is 9.59 Å². The van der Waals surface area contributed by atoms with Crippen LogP contribution in [0, 0.1) is 0 Å². The average Bonchev–Trinajstić information content (AvgIpc) is 2.91. The molecule has 2 aliphatic heterocycles. The second kappa shape index (κ2) is 4.12. The summed E-state index contributed by atoms with van der Waals surface area (Å²) in [5, 5.41) is 21.8. The Morgan fingerprint density at radius 3 is 2.26 bits per heavy atom. The molecule has 1 saturated heterocycles.